The van der Waals surface area contributed by atoms with Gasteiger partial charge in [0.15, 0.2) is 0 Å². The predicted octanol–water partition coefficient (Wildman–Crippen LogP) is 4.62. The molecule has 2 N–H and O–H groups in total. The molecule has 0 spiro atoms. The Morgan fingerprint density at radius 1 is 0.725 bits per heavy atom. The van der Waals surface area contributed by atoms with Crippen LogP contribution in [-0.4, -0.2) is 81.2 Å². The highest BCUT2D eigenvalue weighted by Crippen LogP contribution is 2.19. The van der Waals surface area contributed by atoms with E-state index in [1.807, 2.05) is 30.6 Å². The second kappa shape index (κ2) is 13.7. The van der Waals surface area contributed by atoms with Crippen LogP contribution in [0.5, 0.6) is 5.75 Å². The number of phenolic OH excluding ortho intramolecular Hbond substituents is 1. The molecule has 0 bridgehead atoms. The van der Waals surface area contributed by atoms with Crippen molar-refractivity contribution >= 4 is 23.5 Å². The van der Waals surface area contributed by atoms with Crippen molar-refractivity contribution in [1.82, 2.24) is 29.8 Å². The molecule has 4 aromatic rings. The van der Waals surface area contributed by atoms with Gasteiger partial charge >= 0.3 is 0 Å². The van der Waals surface area contributed by atoms with Gasteiger partial charge in [-0.15, -0.1) is 0 Å². The molecule has 0 saturated carbocycles. The van der Waals surface area contributed by atoms with E-state index < -0.39 is 0 Å². The van der Waals surface area contributed by atoms with Gasteiger partial charge in [-0.3, -0.25) is 0 Å². The normalized spacial score (nSPS) is 15.7. The van der Waals surface area contributed by atoms with Gasteiger partial charge in [-0.25, -0.2) is 19.9 Å². The number of likely N-dealkylation sites (tertiary alicyclic amines) is 1. The van der Waals surface area contributed by atoms with Gasteiger partial charge in [-0.2, -0.15) is 4.98 Å². The summed E-state index contributed by atoms with van der Waals surface area (Å²) in [5, 5.41) is 12.6. The summed E-state index contributed by atoms with van der Waals surface area (Å²) in [6, 6.07) is 17.1. The minimum Gasteiger partial charge on any atom is -0.508 e. The predicted molar refractivity (Wildman–Crippen MR) is 162 cm³/mol. The molecule has 0 unspecified atom stereocenters. The monoisotopic (exact) mass is 543 g/mol. The standard InChI is InChI=1S/C24H24N8O.C6H13N.2H2/c33-21-8-6-20(7-9-21)29-22-27-17-28-24(30-22)32-12-10-31(11-13-32)23-25-15-19(16-26-23)14-18-4-2-1-3-5-18;1-7-5-3-2-4-6-7;;/h1-9,15-17,33H,10-14H2,(H,27,28,29,30);2-6H2,1H3;2*1H. The van der Waals surface area contributed by atoms with E-state index >= 15 is 0 Å². The van der Waals surface area contributed by atoms with E-state index in [-0.39, 0.29) is 8.60 Å². The van der Waals surface area contributed by atoms with Crippen molar-refractivity contribution in [2.75, 3.05) is 61.4 Å². The lowest BCUT2D eigenvalue weighted by atomic mass is 10.1. The molecule has 10 nitrogen and oxygen atoms in total. The molecule has 40 heavy (non-hydrogen) atoms. The molecule has 2 aliphatic rings. The molecule has 0 atom stereocenters. The van der Waals surface area contributed by atoms with Crippen molar-refractivity contribution in [3.05, 3.63) is 84.4 Å². The fourth-order valence-electron chi connectivity index (χ4n) is 4.77. The summed E-state index contributed by atoms with van der Waals surface area (Å²) >= 11 is 0. The summed E-state index contributed by atoms with van der Waals surface area (Å²) < 4.78 is 0. The highest BCUT2D eigenvalue weighted by Gasteiger charge is 2.21. The summed E-state index contributed by atoms with van der Waals surface area (Å²) in [4.78, 5) is 29.0. The van der Waals surface area contributed by atoms with Crippen LogP contribution in [0.25, 0.3) is 0 Å². The Morgan fingerprint density at radius 2 is 1.38 bits per heavy atom. The Balaban J connectivity index is 0.000000474. The Labute approximate surface area is 238 Å². The van der Waals surface area contributed by atoms with Crippen LogP contribution in [0.2, 0.25) is 0 Å². The van der Waals surface area contributed by atoms with Crippen LogP contribution in [0.4, 0.5) is 23.5 Å². The number of piperidine rings is 1. The number of rotatable bonds is 6. The lowest BCUT2D eigenvalue weighted by Crippen LogP contribution is -2.47. The molecule has 0 amide bonds. The van der Waals surface area contributed by atoms with Crippen molar-refractivity contribution < 1.29 is 7.96 Å². The molecule has 10 heteroatoms. The maximum atomic E-state index is 9.43. The van der Waals surface area contributed by atoms with Crippen molar-refractivity contribution in [2.24, 2.45) is 0 Å². The molecule has 2 fully saturated rings. The van der Waals surface area contributed by atoms with Crippen LogP contribution in [0, 0.1) is 0 Å². The lowest BCUT2D eigenvalue weighted by Gasteiger charge is -2.34. The Kier molecular flexibility index (Phi) is 9.31. The zero-order valence-electron chi connectivity index (χ0n) is 23.0. The molecule has 0 aliphatic carbocycles. The van der Waals surface area contributed by atoms with Crippen LogP contribution in [0.1, 0.15) is 33.2 Å². The molecule has 0 radical (unpaired) electrons. The van der Waals surface area contributed by atoms with Gasteiger partial charge in [0.1, 0.15) is 12.1 Å². The molecule has 212 valence electrons. The van der Waals surface area contributed by atoms with E-state index in [2.05, 4.69) is 64.1 Å². The number of benzene rings is 2. The summed E-state index contributed by atoms with van der Waals surface area (Å²) in [5.41, 5.74) is 3.14. The third-order valence-corrected chi connectivity index (χ3v) is 7.05. The topological polar surface area (TPSA) is 106 Å². The number of piperazine rings is 1. The minimum absolute atomic E-state index is 0. The molecule has 2 saturated heterocycles. The third kappa shape index (κ3) is 7.86. The first kappa shape index (κ1) is 27.3. The Bertz CT molecular complexity index is 1320. The number of phenols is 1. The van der Waals surface area contributed by atoms with E-state index in [9.17, 15) is 5.11 Å². The second-order valence-electron chi connectivity index (χ2n) is 10.2. The van der Waals surface area contributed by atoms with Crippen LogP contribution >= 0.6 is 0 Å². The number of nitrogens with one attached hydrogen (secondary N) is 1. The van der Waals surface area contributed by atoms with Gasteiger partial charge in [0.05, 0.1) is 0 Å². The first-order valence-corrected chi connectivity index (χ1v) is 13.9. The van der Waals surface area contributed by atoms with Gasteiger partial charge in [0.2, 0.25) is 17.8 Å². The minimum atomic E-state index is 0. The van der Waals surface area contributed by atoms with Gasteiger partial charge in [-0.1, -0.05) is 36.8 Å². The number of hydrogen-bond acceptors (Lipinski definition) is 10. The average molecular weight is 544 g/mol. The summed E-state index contributed by atoms with van der Waals surface area (Å²) in [7, 11) is 2.19. The number of nitrogens with zero attached hydrogens (tertiary/aromatic N) is 8. The molecule has 2 aliphatic heterocycles. The average Bonchev–Trinajstić information content (AvgIpc) is 3.00. The summed E-state index contributed by atoms with van der Waals surface area (Å²) in [5.74, 6) is 2.05. The summed E-state index contributed by atoms with van der Waals surface area (Å²) in [6.07, 6.45) is 10.4. The van der Waals surface area contributed by atoms with E-state index in [1.54, 1.807) is 24.3 Å². The number of anilines is 4. The van der Waals surface area contributed by atoms with Gasteiger partial charge in [0.25, 0.3) is 0 Å². The van der Waals surface area contributed by atoms with Crippen LogP contribution in [-0.2, 0) is 6.42 Å². The molecule has 4 heterocycles. The maximum absolute atomic E-state index is 9.43. The van der Waals surface area contributed by atoms with E-state index in [0.29, 0.717) is 11.9 Å². The van der Waals surface area contributed by atoms with Crippen LogP contribution in [0.3, 0.4) is 0 Å². The SMILES string of the molecule is CN1CCCCC1.Oc1ccc(Nc2ncnc(N3CCN(c4ncc(Cc5ccccc5)cn4)CC3)n2)cc1.[HH].[HH]. The maximum Gasteiger partial charge on any atom is 0.231 e. The van der Waals surface area contributed by atoms with E-state index in [4.69, 9.17) is 0 Å². The van der Waals surface area contributed by atoms with Crippen molar-refractivity contribution in [3.63, 3.8) is 0 Å². The van der Waals surface area contributed by atoms with Crippen LogP contribution in [0.15, 0.2) is 73.3 Å². The largest absolute Gasteiger partial charge is 0.508 e. The first-order chi connectivity index (χ1) is 19.6. The zero-order chi connectivity index (χ0) is 27.6. The van der Waals surface area contributed by atoms with Crippen molar-refractivity contribution in [2.45, 2.75) is 25.7 Å². The van der Waals surface area contributed by atoms with Crippen molar-refractivity contribution in [1.29, 1.82) is 0 Å². The molecule has 2 aromatic heterocycles. The quantitative estimate of drug-likeness (QED) is 0.335. The lowest BCUT2D eigenvalue weighted by molar-refractivity contribution is 0.277. The fraction of sp³-hybridized carbons (Fsp3) is 0.367. The first-order valence-electron chi connectivity index (χ1n) is 13.9. The fourth-order valence-corrected chi connectivity index (χ4v) is 4.77. The summed E-state index contributed by atoms with van der Waals surface area (Å²) in [6.45, 7) is 5.73. The van der Waals surface area contributed by atoms with Crippen LogP contribution < -0.4 is 15.1 Å². The van der Waals surface area contributed by atoms with Gasteiger partial charge < -0.3 is 25.1 Å². The number of hydrogen-bond donors (Lipinski definition) is 2. The van der Waals surface area contributed by atoms with E-state index in [1.165, 1.54) is 44.2 Å². The second-order valence-corrected chi connectivity index (χ2v) is 10.2. The smallest absolute Gasteiger partial charge is 0.231 e. The van der Waals surface area contributed by atoms with Crippen molar-refractivity contribution in [3.8, 4) is 5.75 Å². The highest BCUT2D eigenvalue weighted by molar-refractivity contribution is 5.55. The molecule has 2 aromatic carbocycles. The van der Waals surface area contributed by atoms with Gasteiger partial charge in [0, 0.05) is 53.5 Å². The number of aromatic hydroxyl groups is 1. The number of aromatic nitrogens is 5. The van der Waals surface area contributed by atoms with Gasteiger partial charge in [-0.05, 0) is 68.4 Å². The molecular formula is C30H41N9O. The zero-order valence-corrected chi connectivity index (χ0v) is 23.0. The third-order valence-electron chi connectivity index (χ3n) is 7.05. The van der Waals surface area contributed by atoms with E-state index in [0.717, 1.165) is 49.8 Å². The Morgan fingerprint density at radius 3 is 2.00 bits per heavy atom. The Hall–Kier alpha value is -4.31. The molecular weight excluding hydrogens is 502 g/mol. The molecule has 6 rings (SSSR count). The highest BCUT2D eigenvalue weighted by atomic mass is 16.3.